The van der Waals surface area contributed by atoms with E-state index in [1.165, 1.54) is 11.3 Å². The summed E-state index contributed by atoms with van der Waals surface area (Å²) in [5.74, 6) is 1.23. The van der Waals surface area contributed by atoms with Crippen LogP contribution < -0.4 is 4.74 Å². The summed E-state index contributed by atoms with van der Waals surface area (Å²) >= 11 is 1.45. The predicted molar refractivity (Wildman–Crippen MR) is 79.4 cm³/mol. The minimum atomic E-state index is 0.0335. The lowest BCUT2D eigenvalue weighted by molar-refractivity contribution is 0.0924. The fourth-order valence-corrected chi connectivity index (χ4v) is 2.55. The zero-order valence-corrected chi connectivity index (χ0v) is 12.3. The molecular formula is C16H18O2S. The maximum Gasteiger partial charge on any atom is 0.210 e. The normalized spacial score (nSPS) is 10.7. The van der Waals surface area contributed by atoms with Crippen molar-refractivity contribution in [3.8, 4) is 5.75 Å². The Morgan fingerprint density at radius 3 is 2.74 bits per heavy atom. The van der Waals surface area contributed by atoms with Crippen LogP contribution in [0, 0.1) is 6.92 Å². The lowest BCUT2D eigenvalue weighted by Gasteiger charge is -2.14. The Balaban J connectivity index is 2.11. The van der Waals surface area contributed by atoms with Crippen LogP contribution >= 0.6 is 11.3 Å². The molecule has 0 aliphatic heterocycles. The van der Waals surface area contributed by atoms with Gasteiger partial charge in [0, 0.05) is 0 Å². The molecule has 3 heteroatoms. The maximum absolute atomic E-state index is 11.9. The number of carbonyl (C=O) groups excluding carboxylic acids is 1. The van der Waals surface area contributed by atoms with Gasteiger partial charge in [-0.2, -0.15) is 0 Å². The molecule has 0 fully saturated rings. The molecule has 0 saturated carbocycles. The zero-order valence-electron chi connectivity index (χ0n) is 11.5. The van der Waals surface area contributed by atoms with Crippen molar-refractivity contribution in [3.05, 3.63) is 51.7 Å². The number of rotatable bonds is 5. The molecule has 1 heterocycles. The van der Waals surface area contributed by atoms with Crippen molar-refractivity contribution >= 4 is 17.1 Å². The molecular weight excluding hydrogens is 256 g/mol. The summed E-state index contributed by atoms with van der Waals surface area (Å²) in [6, 6.07) is 9.85. The molecule has 0 radical (unpaired) electrons. The lowest BCUT2D eigenvalue weighted by atomic mass is 10.0. The predicted octanol–water partition coefficient (Wildman–Crippen LogP) is 4.44. The van der Waals surface area contributed by atoms with E-state index in [9.17, 15) is 4.79 Å². The van der Waals surface area contributed by atoms with Crippen molar-refractivity contribution in [1.82, 2.24) is 0 Å². The molecule has 100 valence electrons. The first-order valence-electron chi connectivity index (χ1n) is 6.38. The molecule has 0 N–H and O–H groups in total. The molecule has 0 spiro atoms. The van der Waals surface area contributed by atoms with Gasteiger partial charge in [-0.3, -0.25) is 4.79 Å². The molecule has 0 aliphatic carbocycles. The quantitative estimate of drug-likeness (QED) is 0.753. The van der Waals surface area contributed by atoms with Crippen molar-refractivity contribution in [3.63, 3.8) is 0 Å². The Hall–Kier alpha value is -1.61. The van der Waals surface area contributed by atoms with E-state index in [2.05, 4.69) is 26.0 Å². The summed E-state index contributed by atoms with van der Waals surface area (Å²) in [6.07, 6.45) is 0. The summed E-state index contributed by atoms with van der Waals surface area (Å²) in [5.41, 5.74) is 2.28. The number of hydrogen-bond acceptors (Lipinski definition) is 3. The minimum absolute atomic E-state index is 0.0335. The smallest absolute Gasteiger partial charge is 0.210 e. The Bertz CT molecular complexity index is 556. The molecule has 0 aliphatic rings. The van der Waals surface area contributed by atoms with Crippen LogP contribution in [0.2, 0.25) is 0 Å². The summed E-state index contributed by atoms with van der Waals surface area (Å²) in [7, 11) is 0. The van der Waals surface area contributed by atoms with E-state index in [1.54, 1.807) is 0 Å². The van der Waals surface area contributed by atoms with E-state index in [0.717, 1.165) is 21.8 Å². The lowest BCUT2D eigenvalue weighted by Crippen LogP contribution is -2.11. The highest BCUT2D eigenvalue weighted by atomic mass is 32.1. The third kappa shape index (κ3) is 3.44. The van der Waals surface area contributed by atoms with E-state index < -0.39 is 0 Å². The average molecular weight is 274 g/mol. The highest BCUT2D eigenvalue weighted by molar-refractivity contribution is 7.12. The van der Waals surface area contributed by atoms with Crippen LogP contribution in [0.1, 0.15) is 40.6 Å². The van der Waals surface area contributed by atoms with E-state index in [0.29, 0.717) is 5.92 Å². The van der Waals surface area contributed by atoms with Gasteiger partial charge in [0.05, 0.1) is 4.88 Å². The molecule has 2 nitrogen and oxygen atoms in total. The van der Waals surface area contributed by atoms with Crippen LogP contribution in [0.4, 0.5) is 0 Å². The standard InChI is InChI=1S/C16H18O2S/c1-11(2)13-7-6-12(3)9-15(13)18-10-14(17)16-5-4-8-19-16/h4-9,11H,10H2,1-3H3. The van der Waals surface area contributed by atoms with Crippen molar-refractivity contribution in [2.45, 2.75) is 26.7 Å². The van der Waals surface area contributed by atoms with Gasteiger partial charge in [-0.15, -0.1) is 11.3 Å². The third-order valence-corrected chi connectivity index (χ3v) is 3.86. The fraction of sp³-hybridized carbons (Fsp3) is 0.312. The zero-order chi connectivity index (χ0) is 13.8. The van der Waals surface area contributed by atoms with Gasteiger partial charge in [0.25, 0.3) is 0 Å². The molecule has 0 atom stereocenters. The number of thiophene rings is 1. The van der Waals surface area contributed by atoms with E-state index in [-0.39, 0.29) is 12.4 Å². The van der Waals surface area contributed by atoms with Gasteiger partial charge < -0.3 is 4.74 Å². The fourth-order valence-electron chi connectivity index (χ4n) is 1.90. The summed E-state index contributed by atoms with van der Waals surface area (Å²) < 4.78 is 5.72. The van der Waals surface area contributed by atoms with Crippen LogP contribution in [0.15, 0.2) is 35.7 Å². The largest absolute Gasteiger partial charge is 0.485 e. The monoisotopic (exact) mass is 274 g/mol. The average Bonchev–Trinajstić information content (AvgIpc) is 2.89. The van der Waals surface area contributed by atoms with Gasteiger partial charge in [-0.1, -0.05) is 32.0 Å². The number of hydrogen-bond donors (Lipinski definition) is 0. The first kappa shape index (κ1) is 13.8. The minimum Gasteiger partial charge on any atom is -0.485 e. The van der Waals surface area contributed by atoms with Crippen LogP contribution in [-0.4, -0.2) is 12.4 Å². The number of ketones is 1. The van der Waals surface area contributed by atoms with Crippen LogP contribution in [0.3, 0.4) is 0 Å². The molecule has 19 heavy (non-hydrogen) atoms. The Morgan fingerprint density at radius 1 is 1.32 bits per heavy atom. The van der Waals surface area contributed by atoms with Gasteiger partial charge in [-0.05, 0) is 41.5 Å². The second-order valence-electron chi connectivity index (χ2n) is 4.89. The second kappa shape index (κ2) is 6.02. The number of ether oxygens (including phenoxy) is 1. The molecule has 0 bridgehead atoms. The highest BCUT2D eigenvalue weighted by Crippen LogP contribution is 2.27. The second-order valence-corrected chi connectivity index (χ2v) is 5.83. The van der Waals surface area contributed by atoms with Gasteiger partial charge >= 0.3 is 0 Å². The van der Waals surface area contributed by atoms with Crippen LogP contribution in [-0.2, 0) is 0 Å². The number of carbonyl (C=O) groups is 1. The molecule has 1 aromatic carbocycles. The first-order valence-corrected chi connectivity index (χ1v) is 7.26. The Labute approximate surface area is 118 Å². The summed E-state index contributed by atoms with van der Waals surface area (Å²) in [5, 5.41) is 1.90. The van der Waals surface area contributed by atoms with Crippen LogP contribution in [0.5, 0.6) is 5.75 Å². The molecule has 1 aromatic heterocycles. The Morgan fingerprint density at radius 2 is 2.11 bits per heavy atom. The van der Waals surface area contributed by atoms with E-state index in [4.69, 9.17) is 4.74 Å². The van der Waals surface area contributed by atoms with Crippen molar-refractivity contribution < 1.29 is 9.53 Å². The molecule has 2 rings (SSSR count). The van der Waals surface area contributed by atoms with Crippen molar-refractivity contribution in [2.75, 3.05) is 6.61 Å². The molecule has 0 saturated heterocycles. The molecule has 0 unspecified atom stereocenters. The third-order valence-electron chi connectivity index (χ3n) is 2.95. The highest BCUT2D eigenvalue weighted by Gasteiger charge is 2.11. The van der Waals surface area contributed by atoms with E-state index >= 15 is 0 Å². The topological polar surface area (TPSA) is 26.3 Å². The summed E-state index contributed by atoms with van der Waals surface area (Å²) in [4.78, 5) is 12.7. The summed E-state index contributed by atoms with van der Waals surface area (Å²) in [6.45, 7) is 6.37. The van der Waals surface area contributed by atoms with Gasteiger partial charge in [0.1, 0.15) is 5.75 Å². The Kier molecular flexibility index (Phi) is 4.38. The molecule has 2 aromatic rings. The first-order chi connectivity index (χ1) is 9.08. The van der Waals surface area contributed by atoms with Gasteiger partial charge in [0.15, 0.2) is 6.61 Å². The number of Topliss-reactive ketones (excluding diaryl/α,β-unsaturated/α-hetero) is 1. The van der Waals surface area contributed by atoms with Gasteiger partial charge in [-0.25, -0.2) is 0 Å². The van der Waals surface area contributed by atoms with Crippen LogP contribution in [0.25, 0.3) is 0 Å². The van der Waals surface area contributed by atoms with Gasteiger partial charge in [0.2, 0.25) is 5.78 Å². The van der Waals surface area contributed by atoms with E-state index in [1.807, 2.05) is 30.5 Å². The number of benzene rings is 1. The van der Waals surface area contributed by atoms with Crippen molar-refractivity contribution in [2.24, 2.45) is 0 Å². The molecule has 0 amide bonds. The maximum atomic E-state index is 11.9. The van der Waals surface area contributed by atoms with Crippen molar-refractivity contribution in [1.29, 1.82) is 0 Å². The number of aryl methyl sites for hydroxylation is 1. The SMILES string of the molecule is Cc1ccc(C(C)C)c(OCC(=O)c2cccs2)c1.